The molecule has 1 aliphatic rings. The lowest BCUT2D eigenvalue weighted by atomic mass is 9.95. The first-order valence-corrected chi connectivity index (χ1v) is 8.58. The average Bonchev–Trinajstić information content (AvgIpc) is 2.95. The minimum atomic E-state index is -0.368. The Morgan fingerprint density at radius 3 is 2.48 bits per heavy atom. The predicted molar refractivity (Wildman–Crippen MR) is 91.3 cm³/mol. The van der Waals surface area contributed by atoms with Crippen molar-refractivity contribution in [3.8, 4) is 0 Å². The fraction of sp³-hybridized carbons (Fsp3) is 0.389. The average molecular weight is 342 g/mol. The number of benzene rings is 1. The van der Waals surface area contributed by atoms with Gasteiger partial charge in [-0.15, -0.1) is 5.10 Å². The van der Waals surface area contributed by atoms with Gasteiger partial charge in [0, 0.05) is 18.4 Å². The number of halogens is 1. The zero-order valence-electron chi connectivity index (χ0n) is 13.8. The summed E-state index contributed by atoms with van der Waals surface area (Å²) in [6, 6.07) is 6.07. The molecule has 1 aromatic carbocycles. The Morgan fingerprint density at radius 2 is 1.76 bits per heavy atom. The molecule has 0 atom stereocenters. The Bertz CT molecular complexity index is 1010. The number of hydrogen-bond acceptors (Lipinski definition) is 3. The molecule has 130 valence electrons. The monoisotopic (exact) mass is 342 g/mol. The predicted octanol–water partition coefficient (Wildman–Crippen LogP) is 2.35. The van der Waals surface area contributed by atoms with E-state index < -0.39 is 0 Å². The summed E-state index contributed by atoms with van der Waals surface area (Å²) in [4.78, 5) is 25.2. The van der Waals surface area contributed by atoms with Gasteiger partial charge in [0.15, 0.2) is 0 Å². The van der Waals surface area contributed by atoms with Crippen molar-refractivity contribution in [2.45, 2.75) is 44.7 Å². The SMILES string of the molecule is O=c1c2nn(Cc3ccc(F)cc3)c(=O)n2ccn1C1CCCCC1. The van der Waals surface area contributed by atoms with Crippen molar-refractivity contribution in [1.29, 1.82) is 0 Å². The van der Waals surface area contributed by atoms with Crippen LogP contribution in [0.25, 0.3) is 5.65 Å². The van der Waals surface area contributed by atoms with E-state index in [0.717, 1.165) is 31.2 Å². The highest BCUT2D eigenvalue weighted by atomic mass is 19.1. The summed E-state index contributed by atoms with van der Waals surface area (Å²) in [5.41, 5.74) is 0.288. The second kappa shape index (κ2) is 6.31. The minimum absolute atomic E-state index is 0.139. The van der Waals surface area contributed by atoms with Crippen LogP contribution in [0, 0.1) is 5.82 Å². The molecule has 0 spiro atoms. The van der Waals surface area contributed by atoms with E-state index in [2.05, 4.69) is 5.10 Å². The van der Waals surface area contributed by atoms with Crippen LogP contribution >= 0.6 is 0 Å². The highest BCUT2D eigenvalue weighted by Gasteiger charge is 2.19. The Hall–Kier alpha value is -2.70. The van der Waals surface area contributed by atoms with Crippen molar-refractivity contribution >= 4 is 5.65 Å². The van der Waals surface area contributed by atoms with Gasteiger partial charge in [0.25, 0.3) is 5.56 Å². The molecule has 1 fully saturated rings. The highest BCUT2D eigenvalue weighted by Crippen LogP contribution is 2.26. The third-order valence-electron chi connectivity index (χ3n) is 4.89. The van der Waals surface area contributed by atoms with Crippen molar-refractivity contribution < 1.29 is 4.39 Å². The van der Waals surface area contributed by atoms with E-state index in [1.807, 2.05) is 0 Å². The molecular formula is C18H19FN4O2. The molecule has 25 heavy (non-hydrogen) atoms. The molecule has 4 rings (SSSR count). The van der Waals surface area contributed by atoms with E-state index in [4.69, 9.17) is 0 Å². The standard InChI is InChI=1S/C18H19FN4O2/c19-14-8-6-13(7-9-14)12-23-18(25)22-11-10-21(17(24)16(22)20-23)15-4-2-1-3-5-15/h6-11,15H,1-5,12H2. The van der Waals surface area contributed by atoms with Crippen molar-refractivity contribution in [2.24, 2.45) is 0 Å². The number of aromatic nitrogens is 4. The largest absolute Gasteiger partial charge is 0.350 e. The van der Waals surface area contributed by atoms with Crippen LogP contribution in [0.15, 0.2) is 46.2 Å². The second-order valence-corrected chi connectivity index (χ2v) is 6.56. The minimum Gasteiger partial charge on any atom is -0.308 e. The molecule has 2 aromatic heterocycles. The first kappa shape index (κ1) is 15.8. The zero-order valence-corrected chi connectivity index (χ0v) is 13.8. The van der Waals surface area contributed by atoms with Crippen LogP contribution < -0.4 is 11.2 Å². The van der Waals surface area contributed by atoms with E-state index in [1.54, 1.807) is 29.1 Å². The van der Waals surface area contributed by atoms with Crippen molar-refractivity contribution in [3.05, 3.63) is 68.9 Å². The fourth-order valence-corrected chi connectivity index (χ4v) is 3.53. The van der Waals surface area contributed by atoms with Gasteiger partial charge in [-0.1, -0.05) is 31.4 Å². The van der Waals surface area contributed by atoms with Crippen LogP contribution in [0.1, 0.15) is 43.7 Å². The maximum Gasteiger partial charge on any atom is 0.350 e. The third kappa shape index (κ3) is 2.90. The normalized spacial score (nSPS) is 15.7. The molecule has 2 heterocycles. The molecule has 0 bridgehead atoms. The van der Waals surface area contributed by atoms with Gasteiger partial charge in [0.1, 0.15) is 5.82 Å². The lowest BCUT2D eigenvalue weighted by Crippen LogP contribution is -2.28. The lowest BCUT2D eigenvalue weighted by Gasteiger charge is -2.23. The number of hydrogen-bond donors (Lipinski definition) is 0. The molecule has 1 saturated carbocycles. The summed E-state index contributed by atoms with van der Waals surface area (Å²) in [5.74, 6) is -0.332. The molecule has 7 heteroatoms. The van der Waals surface area contributed by atoms with Gasteiger partial charge in [-0.05, 0) is 30.5 Å². The van der Waals surface area contributed by atoms with Gasteiger partial charge in [-0.2, -0.15) is 0 Å². The van der Waals surface area contributed by atoms with Gasteiger partial charge in [-0.3, -0.25) is 4.79 Å². The zero-order chi connectivity index (χ0) is 17.4. The summed E-state index contributed by atoms with van der Waals surface area (Å²) < 4.78 is 17.3. The van der Waals surface area contributed by atoms with Crippen molar-refractivity contribution in [1.82, 2.24) is 18.7 Å². The van der Waals surface area contributed by atoms with Gasteiger partial charge in [-0.25, -0.2) is 18.3 Å². The molecule has 3 aromatic rings. The summed E-state index contributed by atoms with van der Waals surface area (Å²) in [5, 5.41) is 4.23. The van der Waals surface area contributed by atoms with E-state index >= 15 is 0 Å². The molecular weight excluding hydrogens is 323 g/mol. The first-order valence-electron chi connectivity index (χ1n) is 8.58. The lowest BCUT2D eigenvalue weighted by molar-refractivity contribution is 0.346. The smallest absolute Gasteiger partial charge is 0.308 e. The van der Waals surface area contributed by atoms with Gasteiger partial charge < -0.3 is 4.57 Å². The first-order chi connectivity index (χ1) is 12.1. The highest BCUT2D eigenvalue weighted by molar-refractivity contribution is 5.33. The summed E-state index contributed by atoms with van der Waals surface area (Å²) in [7, 11) is 0. The molecule has 6 nitrogen and oxygen atoms in total. The summed E-state index contributed by atoms with van der Waals surface area (Å²) in [6.45, 7) is 0.198. The van der Waals surface area contributed by atoms with Crippen LogP contribution in [0.4, 0.5) is 4.39 Å². The number of fused-ring (bicyclic) bond motifs is 1. The van der Waals surface area contributed by atoms with Crippen LogP contribution in [0.2, 0.25) is 0 Å². The van der Waals surface area contributed by atoms with Gasteiger partial charge >= 0.3 is 5.69 Å². The Morgan fingerprint density at radius 1 is 1.04 bits per heavy atom. The fourth-order valence-electron chi connectivity index (χ4n) is 3.53. The molecule has 0 radical (unpaired) electrons. The Kier molecular flexibility index (Phi) is 3.99. The Labute approximate surface area is 143 Å². The third-order valence-corrected chi connectivity index (χ3v) is 4.89. The molecule has 0 N–H and O–H groups in total. The summed E-state index contributed by atoms with van der Waals surface area (Å²) >= 11 is 0. The van der Waals surface area contributed by atoms with E-state index in [9.17, 15) is 14.0 Å². The van der Waals surface area contributed by atoms with Crippen molar-refractivity contribution in [3.63, 3.8) is 0 Å². The topological polar surface area (TPSA) is 61.3 Å². The van der Waals surface area contributed by atoms with Gasteiger partial charge in [0.2, 0.25) is 5.65 Å². The van der Waals surface area contributed by atoms with Crippen LogP contribution in [0.3, 0.4) is 0 Å². The number of rotatable bonds is 3. The molecule has 0 saturated heterocycles. The number of nitrogens with zero attached hydrogens (tertiary/aromatic N) is 4. The van der Waals surface area contributed by atoms with Gasteiger partial charge in [0.05, 0.1) is 6.54 Å². The van der Waals surface area contributed by atoms with Crippen LogP contribution in [-0.4, -0.2) is 18.7 Å². The second-order valence-electron chi connectivity index (χ2n) is 6.56. The molecule has 0 aliphatic heterocycles. The summed E-state index contributed by atoms with van der Waals surface area (Å²) in [6.07, 6.45) is 8.72. The van der Waals surface area contributed by atoms with E-state index in [-0.39, 0.29) is 35.3 Å². The molecule has 0 unspecified atom stereocenters. The molecule has 0 amide bonds. The van der Waals surface area contributed by atoms with Crippen molar-refractivity contribution in [2.75, 3.05) is 0 Å². The van der Waals surface area contributed by atoms with E-state index in [1.165, 1.54) is 27.6 Å². The Balaban J connectivity index is 1.73. The maximum absolute atomic E-state index is 13.0. The van der Waals surface area contributed by atoms with Crippen LogP contribution in [-0.2, 0) is 6.54 Å². The molecule has 1 aliphatic carbocycles. The van der Waals surface area contributed by atoms with E-state index in [0.29, 0.717) is 0 Å². The van der Waals surface area contributed by atoms with Crippen LogP contribution in [0.5, 0.6) is 0 Å². The maximum atomic E-state index is 13.0. The quantitative estimate of drug-likeness (QED) is 0.734.